The predicted molar refractivity (Wildman–Crippen MR) is 44.4 cm³/mol. The second-order valence-corrected chi connectivity index (χ2v) is 3.03. The van der Waals surface area contributed by atoms with Gasteiger partial charge in [0.25, 0.3) is 0 Å². The van der Waals surface area contributed by atoms with E-state index in [9.17, 15) is 4.79 Å². The summed E-state index contributed by atoms with van der Waals surface area (Å²) < 4.78 is 9.72. The number of hydrogen-bond acceptors (Lipinski definition) is 3. The van der Waals surface area contributed by atoms with Crippen LogP contribution in [0, 0.1) is 5.92 Å². The highest BCUT2D eigenvalue weighted by atomic mass is 16.5. The van der Waals surface area contributed by atoms with Gasteiger partial charge in [0.15, 0.2) is 0 Å². The number of esters is 1. The van der Waals surface area contributed by atoms with Gasteiger partial charge in [-0.05, 0) is 6.42 Å². The largest absolute Gasteiger partial charge is 0.498 e. The lowest BCUT2D eigenvalue weighted by atomic mass is 10.0. The number of allylic oxidation sites excluding steroid dienone is 1. The van der Waals surface area contributed by atoms with Gasteiger partial charge in [0.05, 0.1) is 19.5 Å². The Morgan fingerprint density at radius 1 is 1.83 bits per heavy atom. The topological polar surface area (TPSA) is 35.5 Å². The zero-order chi connectivity index (χ0) is 8.97. The van der Waals surface area contributed by atoms with Crippen molar-refractivity contribution in [2.45, 2.75) is 19.3 Å². The standard InChI is InChI=1S/C9H14O3/c1-7-5-8(6-12-7)3-4-9(10)11-2/h8H,1,3-6H2,2H3. The molecule has 1 atom stereocenters. The van der Waals surface area contributed by atoms with Crippen LogP contribution in [-0.2, 0) is 14.3 Å². The van der Waals surface area contributed by atoms with Gasteiger partial charge in [0.1, 0.15) is 0 Å². The zero-order valence-electron chi connectivity index (χ0n) is 7.34. The number of carbonyl (C=O) groups is 1. The molecule has 0 aromatic carbocycles. The number of methoxy groups -OCH3 is 1. The third-order valence-electron chi connectivity index (χ3n) is 2.02. The van der Waals surface area contributed by atoms with E-state index >= 15 is 0 Å². The maximum Gasteiger partial charge on any atom is 0.305 e. The lowest BCUT2D eigenvalue weighted by Crippen LogP contribution is -2.05. The van der Waals surface area contributed by atoms with Crippen LogP contribution < -0.4 is 0 Å². The fourth-order valence-corrected chi connectivity index (χ4v) is 1.28. The smallest absolute Gasteiger partial charge is 0.305 e. The molecular formula is C9H14O3. The Morgan fingerprint density at radius 3 is 3.08 bits per heavy atom. The van der Waals surface area contributed by atoms with E-state index < -0.39 is 0 Å². The van der Waals surface area contributed by atoms with Crippen molar-refractivity contribution < 1.29 is 14.3 Å². The molecule has 0 bridgehead atoms. The third-order valence-corrected chi connectivity index (χ3v) is 2.02. The molecular weight excluding hydrogens is 156 g/mol. The van der Waals surface area contributed by atoms with Crippen molar-refractivity contribution in [3.05, 3.63) is 12.3 Å². The van der Waals surface area contributed by atoms with Gasteiger partial charge in [-0.25, -0.2) is 0 Å². The molecule has 1 saturated heterocycles. The molecule has 0 spiro atoms. The Bertz CT molecular complexity index is 186. The molecule has 0 radical (unpaired) electrons. The van der Waals surface area contributed by atoms with Crippen molar-refractivity contribution in [3.8, 4) is 0 Å². The average molecular weight is 170 g/mol. The molecule has 3 heteroatoms. The zero-order valence-corrected chi connectivity index (χ0v) is 7.34. The van der Waals surface area contributed by atoms with Crippen molar-refractivity contribution in [2.24, 2.45) is 5.92 Å². The summed E-state index contributed by atoms with van der Waals surface area (Å²) in [6.45, 7) is 4.42. The molecule has 12 heavy (non-hydrogen) atoms. The molecule has 1 rings (SSSR count). The minimum Gasteiger partial charge on any atom is -0.498 e. The molecule has 0 amide bonds. The summed E-state index contributed by atoms with van der Waals surface area (Å²) in [4.78, 5) is 10.8. The van der Waals surface area contributed by atoms with Crippen LogP contribution in [0.1, 0.15) is 19.3 Å². The lowest BCUT2D eigenvalue weighted by Gasteiger charge is -2.03. The fraction of sp³-hybridized carbons (Fsp3) is 0.667. The van der Waals surface area contributed by atoms with Crippen LogP contribution in [0.2, 0.25) is 0 Å². The molecule has 0 aromatic heterocycles. The number of carbonyl (C=O) groups excluding carboxylic acids is 1. The summed E-state index contributed by atoms with van der Waals surface area (Å²) >= 11 is 0. The van der Waals surface area contributed by atoms with Crippen molar-refractivity contribution in [2.75, 3.05) is 13.7 Å². The van der Waals surface area contributed by atoms with Gasteiger partial charge in [-0.15, -0.1) is 0 Å². The Balaban J connectivity index is 2.16. The third kappa shape index (κ3) is 2.57. The van der Waals surface area contributed by atoms with Gasteiger partial charge in [0.2, 0.25) is 0 Å². The molecule has 1 fully saturated rings. The van der Waals surface area contributed by atoms with Gasteiger partial charge in [0, 0.05) is 18.8 Å². The van der Waals surface area contributed by atoms with Crippen LogP contribution in [0.25, 0.3) is 0 Å². The Kier molecular flexibility index (Phi) is 3.14. The molecule has 0 aliphatic carbocycles. The van der Waals surface area contributed by atoms with Crippen molar-refractivity contribution in [1.29, 1.82) is 0 Å². The molecule has 1 aliphatic rings. The second kappa shape index (κ2) is 4.14. The maximum atomic E-state index is 10.8. The predicted octanol–water partition coefficient (Wildman–Crippen LogP) is 1.49. The Hall–Kier alpha value is -0.990. The Morgan fingerprint density at radius 2 is 2.58 bits per heavy atom. The Labute approximate surface area is 72.4 Å². The molecule has 1 heterocycles. The van der Waals surface area contributed by atoms with Crippen LogP contribution in [0.5, 0.6) is 0 Å². The molecule has 3 nitrogen and oxygen atoms in total. The van der Waals surface area contributed by atoms with E-state index in [4.69, 9.17) is 4.74 Å². The van der Waals surface area contributed by atoms with Crippen LogP contribution in [0.4, 0.5) is 0 Å². The van der Waals surface area contributed by atoms with Crippen LogP contribution in [-0.4, -0.2) is 19.7 Å². The van der Waals surface area contributed by atoms with E-state index in [0.29, 0.717) is 18.9 Å². The minimum absolute atomic E-state index is 0.146. The number of rotatable bonds is 3. The summed E-state index contributed by atoms with van der Waals surface area (Å²) in [7, 11) is 1.41. The summed E-state index contributed by atoms with van der Waals surface area (Å²) in [6.07, 6.45) is 2.21. The van der Waals surface area contributed by atoms with Gasteiger partial charge in [-0.3, -0.25) is 4.79 Å². The van der Waals surface area contributed by atoms with E-state index in [1.165, 1.54) is 7.11 Å². The number of hydrogen-bond donors (Lipinski definition) is 0. The summed E-state index contributed by atoms with van der Waals surface area (Å²) in [5.41, 5.74) is 0. The van der Waals surface area contributed by atoms with Gasteiger partial charge < -0.3 is 9.47 Å². The first-order chi connectivity index (χ1) is 5.72. The maximum absolute atomic E-state index is 10.8. The molecule has 0 N–H and O–H groups in total. The molecule has 68 valence electrons. The second-order valence-electron chi connectivity index (χ2n) is 3.03. The van der Waals surface area contributed by atoms with E-state index in [0.717, 1.165) is 18.6 Å². The lowest BCUT2D eigenvalue weighted by molar-refractivity contribution is -0.140. The first-order valence-corrected chi connectivity index (χ1v) is 4.09. The normalized spacial score (nSPS) is 22.1. The highest BCUT2D eigenvalue weighted by Crippen LogP contribution is 2.24. The highest BCUT2D eigenvalue weighted by Gasteiger charge is 2.20. The quantitative estimate of drug-likeness (QED) is 0.602. The molecule has 1 aliphatic heterocycles. The average Bonchev–Trinajstić information content (AvgIpc) is 2.47. The highest BCUT2D eigenvalue weighted by molar-refractivity contribution is 5.69. The van der Waals surface area contributed by atoms with E-state index in [2.05, 4.69) is 11.3 Å². The first-order valence-electron chi connectivity index (χ1n) is 4.09. The summed E-state index contributed by atoms with van der Waals surface area (Å²) in [5.74, 6) is 1.15. The van der Waals surface area contributed by atoms with Gasteiger partial charge in [-0.2, -0.15) is 0 Å². The van der Waals surface area contributed by atoms with Crippen molar-refractivity contribution >= 4 is 5.97 Å². The first kappa shape index (κ1) is 9.10. The summed E-state index contributed by atoms with van der Waals surface area (Å²) in [6, 6.07) is 0. The van der Waals surface area contributed by atoms with Crippen molar-refractivity contribution in [3.63, 3.8) is 0 Å². The fourth-order valence-electron chi connectivity index (χ4n) is 1.28. The van der Waals surface area contributed by atoms with Gasteiger partial charge >= 0.3 is 5.97 Å². The minimum atomic E-state index is -0.146. The SMILES string of the molecule is C=C1CC(CCC(=O)OC)CO1. The van der Waals surface area contributed by atoms with Crippen LogP contribution in [0.15, 0.2) is 12.3 Å². The van der Waals surface area contributed by atoms with E-state index in [-0.39, 0.29) is 5.97 Å². The molecule has 1 unspecified atom stereocenters. The summed E-state index contributed by atoms with van der Waals surface area (Å²) in [5, 5.41) is 0. The van der Waals surface area contributed by atoms with E-state index in [1.54, 1.807) is 0 Å². The molecule has 0 saturated carbocycles. The van der Waals surface area contributed by atoms with Crippen LogP contribution >= 0.6 is 0 Å². The number of ether oxygens (including phenoxy) is 2. The molecule has 0 aromatic rings. The van der Waals surface area contributed by atoms with Crippen molar-refractivity contribution in [1.82, 2.24) is 0 Å². The monoisotopic (exact) mass is 170 g/mol. The van der Waals surface area contributed by atoms with E-state index in [1.807, 2.05) is 0 Å². The van der Waals surface area contributed by atoms with Crippen LogP contribution in [0.3, 0.4) is 0 Å². The van der Waals surface area contributed by atoms with Gasteiger partial charge in [-0.1, -0.05) is 6.58 Å².